The summed E-state index contributed by atoms with van der Waals surface area (Å²) in [4.78, 5) is 0. The van der Waals surface area contributed by atoms with Gasteiger partial charge in [-0.1, -0.05) is 19.3 Å². The van der Waals surface area contributed by atoms with Crippen LogP contribution in [0.4, 0.5) is 0 Å². The van der Waals surface area contributed by atoms with Crippen LogP contribution in [0.15, 0.2) is 0 Å². The van der Waals surface area contributed by atoms with E-state index in [2.05, 4.69) is 5.32 Å². The first-order chi connectivity index (χ1) is 8.88. The van der Waals surface area contributed by atoms with Crippen LogP contribution in [-0.2, 0) is 9.47 Å². The highest BCUT2D eigenvalue weighted by molar-refractivity contribution is 4.74. The van der Waals surface area contributed by atoms with Crippen molar-refractivity contribution in [1.29, 1.82) is 0 Å². The topological polar surface area (TPSA) is 30.5 Å². The van der Waals surface area contributed by atoms with Crippen molar-refractivity contribution in [2.45, 2.75) is 76.0 Å². The lowest BCUT2D eigenvalue weighted by molar-refractivity contribution is -0.0287. The Kier molecular flexibility index (Phi) is 6.46. The molecule has 0 spiro atoms. The molecule has 0 amide bonds. The van der Waals surface area contributed by atoms with Crippen molar-refractivity contribution in [2.75, 3.05) is 20.3 Å². The van der Waals surface area contributed by atoms with Crippen molar-refractivity contribution in [3.8, 4) is 0 Å². The van der Waals surface area contributed by atoms with Gasteiger partial charge in [0.1, 0.15) is 0 Å². The van der Waals surface area contributed by atoms with Crippen LogP contribution in [0.25, 0.3) is 0 Å². The summed E-state index contributed by atoms with van der Waals surface area (Å²) in [5.41, 5.74) is 0. The minimum absolute atomic E-state index is 0.426. The first-order valence-electron chi connectivity index (χ1n) is 7.76. The third-order valence-electron chi connectivity index (χ3n) is 4.41. The summed E-state index contributed by atoms with van der Waals surface area (Å²) >= 11 is 0. The summed E-state index contributed by atoms with van der Waals surface area (Å²) in [6, 6.07) is 0.750. The predicted octanol–water partition coefficient (Wildman–Crippen LogP) is 2.88. The van der Waals surface area contributed by atoms with Crippen LogP contribution in [0.1, 0.15) is 57.8 Å². The molecule has 0 aromatic heterocycles. The maximum absolute atomic E-state index is 5.96. The highest BCUT2D eigenvalue weighted by Gasteiger charge is 2.22. The first-order valence-corrected chi connectivity index (χ1v) is 7.76. The lowest BCUT2D eigenvalue weighted by Crippen LogP contribution is -2.35. The molecule has 2 aliphatic rings. The zero-order valence-electron chi connectivity index (χ0n) is 11.8. The molecule has 2 saturated carbocycles. The van der Waals surface area contributed by atoms with Gasteiger partial charge in [-0.3, -0.25) is 0 Å². The number of hydrogen-bond donors (Lipinski definition) is 1. The fourth-order valence-electron chi connectivity index (χ4n) is 3.26. The van der Waals surface area contributed by atoms with Gasteiger partial charge in [0.25, 0.3) is 0 Å². The molecule has 2 aliphatic carbocycles. The maximum atomic E-state index is 5.96. The molecule has 0 saturated heterocycles. The van der Waals surface area contributed by atoms with Crippen molar-refractivity contribution in [1.82, 2.24) is 5.32 Å². The predicted molar refractivity (Wildman–Crippen MR) is 73.9 cm³/mol. The number of ether oxygens (including phenoxy) is 2. The SMILES string of the molecule is COC1CCCC(OCCNC2CCCCC2)C1. The van der Waals surface area contributed by atoms with Crippen molar-refractivity contribution in [3.63, 3.8) is 0 Å². The monoisotopic (exact) mass is 255 g/mol. The molecule has 0 aliphatic heterocycles. The Morgan fingerprint density at radius 1 is 0.944 bits per heavy atom. The highest BCUT2D eigenvalue weighted by atomic mass is 16.5. The number of rotatable bonds is 6. The van der Waals surface area contributed by atoms with Gasteiger partial charge in [-0.25, -0.2) is 0 Å². The lowest BCUT2D eigenvalue weighted by Gasteiger charge is -2.29. The molecule has 0 aromatic carbocycles. The zero-order chi connectivity index (χ0) is 12.6. The Morgan fingerprint density at radius 2 is 1.72 bits per heavy atom. The van der Waals surface area contributed by atoms with E-state index in [1.165, 1.54) is 51.4 Å². The van der Waals surface area contributed by atoms with Gasteiger partial charge in [0.05, 0.1) is 18.8 Å². The van der Waals surface area contributed by atoms with Crippen LogP contribution in [0.2, 0.25) is 0 Å². The summed E-state index contributed by atoms with van der Waals surface area (Å²) in [6.07, 6.45) is 12.5. The number of methoxy groups -OCH3 is 1. The van der Waals surface area contributed by atoms with Crippen molar-refractivity contribution >= 4 is 0 Å². The summed E-state index contributed by atoms with van der Waals surface area (Å²) in [6.45, 7) is 1.87. The fraction of sp³-hybridized carbons (Fsp3) is 1.00. The van der Waals surface area contributed by atoms with Gasteiger partial charge in [-0.2, -0.15) is 0 Å². The summed E-state index contributed by atoms with van der Waals surface area (Å²) in [7, 11) is 1.82. The molecule has 2 atom stereocenters. The second kappa shape index (κ2) is 8.13. The second-order valence-corrected chi connectivity index (χ2v) is 5.81. The molecular weight excluding hydrogens is 226 g/mol. The average Bonchev–Trinajstić information content (AvgIpc) is 2.45. The van der Waals surface area contributed by atoms with Gasteiger partial charge in [0, 0.05) is 19.7 Å². The van der Waals surface area contributed by atoms with E-state index < -0.39 is 0 Å². The highest BCUT2D eigenvalue weighted by Crippen LogP contribution is 2.23. The fourth-order valence-corrected chi connectivity index (χ4v) is 3.26. The molecule has 3 nitrogen and oxygen atoms in total. The van der Waals surface area contributed by atoms with Gasteiger partial charge in [0.2, 0.25) is 0 Å². The van der Waals surface area contributed by atoms with E-state index >= 15 is 0 Å². The van der Waals surface area contributed by atoms with E-state index in [0.29, 0.717) is 12.2 Å². The van der Waals surface area contributed by atoms with Crippen LogP contribution in [-0.4, -0.2) is 38.5 Å². The molecule has 0 aromatic rings. The van der Waals surface area contributed by atoms with E-state index in [4.69, 9.17) is 9.47 Å². The molecular formula is C15H29NO2. The molecule has 1 N–H and O–H groups in total. The largest absolute Gasteiger partial charge is 0.381 e. The summed E-state index contributed by atoms with van der Waals surface area (Å²) in [5, 5.41) is 3.63. The Balaban J connectivity index is 1.52. The van der Waals surface area contributed by atoms with Gasteiger partial charge in [-0.05, 0) is 38.5 Å². The summed E-state index contributed by atoms with van der Waals surface area (Å²) in [5.74, 6) is 0. The maximum Gasteiger partial charge on any atom is 0.0600 e. The second-order valence-electron chi connectivity index (χ2n) is 5.81. The minimum Gasteiger partial charge on any atom is -0.381 e. The van der Waals surface area contributed by atoms with Gasteiger partial charge >= 0.3 is 0 Å². The number of hydrogen-bond acceptors (Lipinski definition) is 3. The van der Waals surface area contributed by atoms with E-state index in [1.54, 1.807) is 0 Å². The Labute approximate surface area is 112 Å². The van der Waals surface area contributed by atoms with Gasteiger partial charge < -0.3 is 14.8 Å². The van der Waals surface area contributed by atoms with Crippen LogP contribution in [0, 0.1) is 0 Å². The van der Waals surface area contributed by atoms with E-state index in [-0.39, 0.29) is 0 Å². The smallest absolute Gasteiger partial charge is 0.0600 e. The summed E-state index contributed by atoms with van der Waals surface area (Å²) < 4.78 is 11.4. The Morgan fingerprint density at radius 3 is 2.50 bits per heavy atom. The van der Waals surface area contributed by atoms with E-state index in [9.17, 15) is 0 Å². The van der Waals surface area contributed by atoms with Gasteiger partial charge in [-0.15, -0.1) is 0 Å². The lowest BCUT2D eigenvalue weighted by atomic mass is 9.95. The molecule has 2 rings (SSSR count). The van der Waals surface area contributed by atoms with E-state index in [1.807, 2.05) is 7.11 Å². The molecule has 0 heterocycles. The van der Waals surface area contributed by atoms with Crippen molar-refractivity contribution in [2.24, 2.45) is 0 Å². The molecule has 2 fully saturated rings. The zero-order valence-corrected chi connectivity index (χ0v) is 11.8. The molecule has 0 radical (unpaired) electrons. The van der Waals surface area contributed by atoms with Crippen LogP contribution >= 0.6 is 0 Å². The molecule has 3 heteroatoms. The molecule has 106 valence electrons. The van der Waals surface area contributed by atoms with Gasteiger partial charge in [0.15, 0.2) is 0 Å². The number of nitrogens with one attached hydrogen (secondary N) is 1. The Bertz CT molecular complexity index is 217. The normalized spacial score (nSPS) is 30.5. The van der Waals surface area contributed by atoms with Crippen molar-refractivity contribution < 1.29 is 9.47 Å². The standard InChI is InChI=1S/C15H29NO2/c1-17-14-8-5-9-15(12-14)18-11-10-16-13-6-3-2-4-7-13/h13-16H,2-12H2,1H3. The van der Waals surface area contributed by atoms with Crippen LogP contribution < -0.4 is 5.32 Å². The molecule has 0 bridgehead atoms. The Hall–Kier alpha value is -0.120. The molecule has 2 unspecified atom stereocenters. The van der Waals surface area contributed by atoms with Crippen molar-refractivity contribution in [3.05, 3.63) is 0 Å². The van der Waals surface area contributed by atoms with Crippen LogP contribution in [0.5, 0.6) is 0 Å². The average molecular weight is 255 g/mol. The van der Waals surface area contributed by atoms with Crippen LogP contribution in [0.3, 0.4) is 0 Å². The minimum atomic E-state index is 0.426. The third-order valence-corrected chi connectivity index (χ3v) is 4.41. The molecule has 18 heavy (non-hydrogen) atoms. The third kappa shape index (κ3) is 4.87. The first kappa shape index (κ1) is 14.3. The quantitative estimate of drug-likeness (QED) is 0.740. The van der Waals surface area contributed by atoms with E-state index in [0.717, 1.165) is 25.6 Å².